The first-order valence-corrected chi connectivity index (χ1v) is 6.62. The van der Waals surface area contributed by atoms with Crippen LogP contribution in [0.2, 0.25) is 0 Å². The van der Waals surface area contributed by atoms with Crippen LogP contribution in [0.15, 0.2) is 12.3 Å². The zero-order valence-electron chi connectivity index (χ0n) is 11.5. The van der Waals surface area contributed by atoms with E-state index in [2.05, 4.69) is 24.3 Å². The molecule has 1 saturated heterocycles. The Hall–Kier alpha value is -2.20. The summed E-state index contributed by atoms with van der Waals surface area (Å²) in [6.45, 7) is 4.16. The second-order valence-electron chi connectivity index (χ2n) is 5.11. The second kappa shape index (κ2) is 5.84. The molecule has 1 aliphatic rings. The van der Waals surface area contributed by atoms with Crippen molar-refractivity contribution in [1.82, 2.24) is 9.99 Å². The molecule has 0 aliphatic carbocycles. The van der Waals surface area contributed by atoms with Gasteiger partial charge in [-0.2, -0.15) is 5.26 Å². The lowest BCUT2D eigenvalue weighted by Gasteiger charge is -2.38. The van der Waals surface area contributed by atoms with Crippen molar-refractivity contribution in [2.24, 2.45) is 0 Å². The third kappa shape index (κ3) is 2.86. The number of anilines is 1. The molecule has 2 rings (SSSR count). The molecule has 20 heavy (non-hydrogen) atoms. The van der Waals surface area contributed by atoms with Crippen LogP contribution >= 0.6 is 0 Å². The Bertz CT molecular complexity index is 544. The average Bonchev–Trinajstić information content (AvgIpc) is 2.43. The fraction of sp³-hybridized carbons (Fsp3) is 0.538. The molecule has 0 spiro atoms. The monoisotopic (exact) mass is 275 g/mol. The van der Waals surface area contributed by atoms with Crippen molar-refractivity contribution in [3.8, 4) is 6.07 Å². The Labute approximate surface area is 117 Å². The van der Waals surface area contributed by atoms with Crippen LogP contribution in [-0.2, 0) is 0 Å². The maximum atomic E-state index is 11.1. The fourth-order valence-electron chi connectivity index (χ4n) is 2.50. The highest BCUT2D eigenvalue weighted by Crippen LogP contribution is 2.27. The molecule has 2 atom stereocenters. The van der Waals surface area contributed by atoms with Crippen molar-refractivity contribution in [3.63, 3.8) is 0 Å². The largest absolute Gasteiger partial charge is 0.314 e. The van der Waals surface area contributed by atoms with Crippen molar-refractivity contribution in [2.75, 3.05) is 5.43 Å². The summed E-state index contributed by atoms with van der Waals surface area (Å²) in [4.78, 5) is 14.6. The SMILES string of the molecule is CC1CCCC(C)N1Nc1ncc(C#N)cc1[N+](=O)[O-]. The van der Waals surface area contributed by atoms with Gasteiger partial charge < -0.3 is 0 Å². The number of nitro groups is 1. The van der Waals surface area contributed by atoms with Gasteiger partial charge in [0.05, 0.1) is 10.5 Å². The van der Waals surface area contributed by atoms with Crippen LogP contribution in [0, 0.1) is 21.4 Å². The van der Waals surface area contributed by atoms with Crippen molar-refractivity contribution in [1.29, 1.82) is 5.26 Å². The van der Waals surface area contributed by atoms with Gasteiger partial charge in [-0.3, -0.25) is 15.5 Å². The molecule has 0 aromatic carbocycles. The highest BCUT2D eigenvalue weighted by Gasteiger charge is 2.27. The van der Waals surface area contributed by atoms with Crippen molar-refractivity contribution < 1.29 is 4.92 Å². The van der Waals surface area contributed by atoms with E-state index in [1.807, 2.05) is 11.1 Å². The molecule has 1 aromatic rings. The molecule has 0 saturated carbocycles. The molecule has 0 amide bonds. The molecule has 106 valence electrons. The Morgan fingerprint density at radius 3 is 2.70 bits per heavy atom. The van der Waals surface area contributed by atoms with E-state index in [1.54, 1.807) is 0 Å². The number of rotatable bonds is 3. The first kappa shape index (κ1) is 14.2. The van der Waals surface area contributed by atoms with Crippen LogP contribution in [0.1, 0.15) is 38.7 Å². The zero-order valence-corrected chi connectivity index (χ0v) is 11.5. The van der Waals surface area contributed by atoms with Crippen LogP contribution in [0.4, 0.5) is 11.5 Å². The van der Waals surface area contributed by atoms with E-state index < -0.39 is 4.92 Å². The molecule has 1 aliphatic heterocycles. The van der Waals surface area contributed by atoms with Gasteiger partial charge in [-0.05, 0) is 26.7 Å². The van der Waals surface area contributed by atoms with E-state index >= 15 is 0 Å². The molecular weight excluding hydrogens is 258 g/mol. The minimum atomic E-state index is -0.518. The predicted octanol–water partition coefficient (Wildman–Crippen LogP) is 2.45. The van der Waals surface area contributed by atoms with E-state index in [4.69, 9.17) is 5.26 Å². The number of hydrogen-bond donors (Lipinski definition) is 1. The number of hydrazine groups is 1. The van der Waals surface area contributed by atoms with Gasteiger partial charge in [0.1, 0.15) is 6.07 Å². The average molecular weight is 275 g/mol. The molecule has 0 radical (unpaired) electrons. The summed E-state index contributed by atoms with van der Waals surface area (Å²) < 4.78 is 0. The molecule has 2 unspecified atom stereocenters. The maximum Gasteiger partial charge on any atom is 0.314 e. The van der Waals surface area contributed by atoms with Crippen LogP contribution in [0.25, 0.3) is 0 Å². The van der Waals surface area contributed by atoms with Gasteiger partial charge in [0.15, 0.2) is 0 Å². The molecule has 1 fully saturated rings. The van der Waals surface area contributed by atoms with Crippen LogP contribution < -0.4 is 5.43 Å². The van der Waals surface area contributed by atoms with E-state index in [0.717, 1.165) is 19.3 Å². The summed E-state index contributed by atoms with van der Waals surface area (Å²) in [7, 11) is 0. The number of pyridine rings is 1. The standard InChI is InChI=1S/C13H17N5O2/c1-9-4-3-5-10(2)17(9)16-13-12(18(19)20)6-11(7-14)8-15-13/h6,8-10H,3-5H2,1-2H3,(H,15,16). The summed E-state index contributed by atoms with van der Waals surface area (Å²) in [6, 6.07) is 3.68. The van der Waals surface area contributed by atoms with Gasteiger partial charge >= 0.3 is 5.69 Å². The number of aromatic nitrogens is 1. The van der Waals surface area contributed by atoms with Crippen LogP contribution in [0.3, 0.4) is 0 Å². The van der Waals surface area contributed by atoms with Crippen LogP contribution in [0.5, 0.6) is 0 Å². The molecule has 1 aromatic heterocycles. The Morgan fingerprint density at radius 1 is 1.50 bits per heavy atom. The fourth-order valence-corrected chi connectivity index (χ4v) is 2.50. The number of nitrogens with one attached hydrogen (secondary N) is 1. The summed E-state index contributed by atoms with van der Waals surface area (Å²) in [6.07, 6.45) is 4.58. The normalized spacial score (nSPS) is 23.1. The van der Waals surface area contributed by atoms with Gasteiger partial charge in [-0.25, -0.2) is 9.99 Å². The lowest BCUT2D eigenvalue weighted by atomic mass is 10.00. The van der Waals surface area contributed by atoms with Gasteiger partial charge in [-0.15, -0.1) is 0 Å². The van der Waals surface area contributed by atoms with Crippen LogP contribution in [-0.4, -0.2) is 27.0 Å². The van der Waals surface area contributed by atoms with Crippen molar-refractivity contribution in [3.05, 3.63) is 27.9 Å². The predicted molar refractivity (Wildman–Crippen MR) is 73.8 cm³/mol. The molecule has 1 N–H and O–H groups in total. The minimum absolute atomic E-state index is 0.172. The smallest absolute Gasteiger partial charge is 0.297 e. The van der Waals surface area contributed by atoms with Gasteiger partial charge in [0, 0.05) is 24.3 Å². The number of nitrogens with zero attached hydrogens (tertiary/aromatic N) is 4. The summed E-state index contributed by atoms with van der Waals surface area (Å²) in [5, 5.41) is 21.9. The van der Waals surface area contributed by atoms with Gasteiger partial charge in [0.2, 0.25) is 5.82 Å². The topological polar surface area (TPSA) is 95.1 Å². The quantitative estimate of drug-likeness (QED) is 0.672. The highest BCUT2D eigenvalue weighted by molar-refractivity contribution is 5.57. The number of piperidine rings is 1. The molecular formula is C13H17N5O2. The van der Waals surface area contributed by atoms with Gasteiger partial charge in [0.25, 0.3) is 0 Å². The minimum Gasteiger partial charge on any atom is -0.297 e. The van der Waals surface area contributed by atoms with E-state index in [1.165, 1.54) is 12.3 Å². The molecule has 0 bridgehead atoms. The summed E-state index contributed by atoms with van der Waals surface area (Å²) >= 11 is 0. The lowest BCUT2D eigenvalue weighted by Crippen LogP contribution is -2.47. The number of hydrogen-bond acceptors (Lipinski definition) is 6. The zero-order chi connectivity index (χ0) is 14.7. The second-order valence-corrected chi connectivity index (χ2v) is 5.11. The van der Waals surface area contributed by atoms with E-state index in [9.17, 15) is 10.1 Å². The first-order valence-electron chi connectivity index (χ1n) is 6.62. The summed E-state index contributed by atoms with van der Waals surface area (Å²) in [5.41, 5.74) is 3.06. The molecule has 7 nitrogen and oxygen atoms in total. The Balaban J connectivity index is 2.28. The van der Waals surface area contributed by atoms with Gasteiger partial charge in [-0.1, -0.05) is 6.42 Å². The third-order valence-corrected chi connectivity index (χ3v) is 3.62. The summed E-state index contributed by atoms with van der Waals surface area (Å²) in [5.74, 6) is 0.189. The maximum absolute atomic E-state index is 11.1. The Morgan fingerprint density at radius 2 is 2.15 bits per heavy atom. The molecule has 7 heteroatoms. The van der Waals surface area contributed by atoms with E-state index in [0.29, 0.717) is 0 Å². The van der Waals surface area contributed by atoms with E-state index in [-0.39, 0.29) is 29.2 Å². The Kier molecular flexibility index (Phi) is 4.15. The van der Waals surface area contributed by atoms with Crippen molar-refractivity contribution in [2.45, 2.75) is 45.2 Å². The van der Waals surface area contributed by atoms with Crippen molar-refractivity contribution >= 4 is 11.5 Å². The first-order chi connectivity index (χ1) is 9.52. The molecule has 2 heterocycles. The third-order valence-electron chi connectivity index (χ3n) is 3.62. The highest BCUT2D eigenvalue weighted by atomic mass is 16.6. The lowest BCUT2D eigenvalue weighted by molar-refractivity contribution is -0.384. The number of nitriles is 1.